The second-order valence-corrected chi connectivity index (χ2v) is 8.46. The van der Waals surface area contributed by atoms with E-state index in [1.165, 1.54) is 0 Å². The van der Waals surface area contributed by atoms with Crippen molar-refractivity contribution in [1.29, 1.82) is 0 Å². The minimum atomic E-state index is -1.94. The van der Waals surface area contributed by atoms with Crippen molar-refractivity contribution < 1.29 is 29.8 Å². The van der Waals surface area contributed by atoms with E-state index in [1.54, 1.807) is 42.3 Å². The van der Waals surface area contributed by atoms with Crippen LogP contribution in [0, 0.1) is 10.8 Å². The van der Waals surface area contributed by atoms with E-state index in [9.17, 15) is 29.8 Å². The van der Waals surface area contributed by atoms with E-state index >= 15 is 0 Å². The number of nitrogens with one attached hydrogen (secondary N) is 1. The van der Waals surface area contributed by atoms with Crippen LogP contribution in [0.4, 0.5) is 0 Å². The molecule has 1 aromatic rings. The van der Waals surface area contributed by atoms with Crippen LogP contribution in [0.2, 0.25) is 0 Å². The molecule has 158 valence electrons. The third-order valence-corrected chi connectivity index (χ3v) is 6.68. The molecule has 1 amide bonds. The summed E-state index contributed by atoms with van der Waals surface area (Å²) in [6.45, 7) is 0.463. The molecule has 0 bridgehead atoms. The number of hydroxylamine groups is 1. The molecule has 29 heavy (non-hydrogen) atoms. The number of carboxylic acids is 2. The third kappa shape index (κ3) is 3.29. The standard InChI is InChI=1S/C20H27N3O6/c1-23-12-18(9-10-18)11-19(17(27)28,15(23)16(25)26)20(22-29,8-7-14(21)24)13-5-3-2-4-6-13/h2-6,15,22,29H,7-12H2,1H3,(H2,21,24)(H,25,26)(H,27,28). The van der Waals surface area contributed by atoms with Crippen LogP contribution >= 0.6 is 0 Å². The van der Waals surface area contributed by atoms with Crippen LogP contribution in [-0.2, 0) is 19.9 Å². The smallest absolute Gasteiger partial charge is 0.322 e. The van der Waals surface area contributed by atoms with E-state index < -0.39 is 34.8 Å². The average Bonchev–Trinajstić information content (AvgIpc) is 3.40. The minimum Gasteiger partial charge on any atom is -0.481 e. The Morgan fingerprint density at radius 3 is 2.31 bits per heavy atom. The third-order valence-electron chi connectivity index (χ3n) is 6.68. The number of amides is 1. The first-order valence-electron chi connectivity index (χ1n) is 9.56. The van der Waals surface area contributed by atoms with Gasteiger partial charge in [-0.15, -0.1) is 0 Å². The van der Waals surface area contributed by atoms with Crippen LogP contribution in [0.15, 0.2) is 30.3 Å². The highest BCUT2D eigenvalue weighted by Gasteiger charge is 2.71. The maximum absolute atomic E-state index is 12.9. The van der Waals surface area contributed by atoms with Crippen molar-refractivity contribution in [1.82, 2.24) is 10.4 Å². The topological polar surface area (TPSA) is 153 Å². The van der Waals surface area contributed by atoms with Gasteiger partial charge in [0, 0.05) is 13.0 Å². The molecule has 3 unspecified atom stereocenters. The molecule has 1 heterocycles. The lowest BCUT2D eigenvalue weighted by atomic mass is 9.54. The van der Waals surface area contributed by atoms with Crippen LogP contribution in [0.3, 0.4) is 0 Å². The number of hydrogen-bond donors (Lipinski definition) is 5. The van der Waals surface area contributed by atoms with E-state index in [2.05, 4.69) is 5.48 Å². The van der Waals surface area contributed by atoms with Gasteiger partial charge in [-0.1, -0.05) is 30.3 Å². The van der Waals surface area contributed by atoms with Crippen molar-refractivity contribution in [2.45, 2.75) is 43.7 Å². The van der Waals surface area contributed by atoms with Gasteiger partial charge in [0.15, 0.2) is 0 Å². The van der Waals surface area contributed by atoms with Crippen molar-refractivity contribution >= 4 is 17.8 Å². The van der Waals surface area contributed by atoms with Gasteiger partial charge in [0.05, 0.1) is 5.54 Å². The fourth-order valence-electron chi connectivity index (χ4n) is 5.29. The van der Waals surface area contributed by atoms with E-state index in [1.807, 2.05) is 0 Å². The predicted octanol–water partition coefficient (Wildman–Crippen LogP) is 0.766. The number of nitrogens with zero attached hydrogens (tertiary/aromatic N) is 1. The Hall–Kier alpha value is -2.49. The molecule has 1 saturated heterocycles. The van der Waals surface area contributed by atoms with Gasteiger partial charge in [-0.3, -0.25) is 19.3 Å². The van der Waals surface area contributed by atoms with E-state index in [-0.39, 0.29) is 24.7 Å². The number of carbonyl (C=O) groups excluding carboxylic acids is 1. The number of primary amides is 1. The molecule has 1 aromatic carbocycles. The summed E-state index contributed by atoms with van der Waals surface area (Å²) in [6.07, 6.45) is 1.25. The molecule has 1 saturated carbocycles. The quantitative estimate of drug-likeness (QED) is 0.397. The molecule has 3 rings (SSSR count). The van der Waals surface area contributed by atoms with E-state index in [4.69, 9.17) is 5.73 Å². The molecule has 3 atom stereocenters. The van der Waals surface area contributed by atoms with Gasteiger partial charge in [-0.25, -0.2) is 0 Å². The summed E-state index contributed by atoms with van der Waals surface area (Å²) in [6, 6.07) is 6.92. The highest BCUT2D eigenvalue weighted by Crippen LogP contribution is 2.63. The zero-order valence-electron chi connectivity index (χ0n) is 16.3. The zero-order chi connectivity index (χ0) is 21.4. The summed E-state index contributed by atoms with van der Waals surface area (Å²) in [7, 11) is 1.59. The SMILES string of the molecule is CN1CC2(CC2)CC(C(=O)O)(C(CCC(N)=O)(NO)c2ccccc2)C1C(=O)O. The Morgan fingerprint density at radius 2 is 1.86 bits per heavy atom. The molecule has 9 nitrogen and oxygen atoms in total. The molecule has 2 fully saturated rings. The largest absolute Gasteiger partial charge is 0.481 e. The monoisotopic (exact) mass is 405 g/mol. The molecule has 0 radical (unpaired) electrons. The first kappa shape index (κ1) is 21.2. The minimum absolute atomic E-state index is 0.0673. The van der Waals surface area contributed by atoms with Crippen molar-refractivity contribution in [3.63, 3.8) is 0 Å². The normalized spacial score (nSPS) is 27.9. The van der Waals surface area contributed by atoms with E-state index in [0.29, 0.717) is 12.1 Å². The maximum Gasteiger partial charge on any atom is 0.322 e. The second kappa shape index (κ2) is 7.40. The van der Waals surface area contributed by atoms with Gasteiger partial charge < -0.3 is 21.2 Å². The number of nitrogens with two attached hydrogens (primary N) is 1. The Bertz CT molecular complexity index is 812. The summed E-state index contributed by atoms with van der Waals surface area (Å²) < 4.78 is 0. The molecular weight excluding hydrogens is 378 g/mol. The number of benzene rings is 1. The molecule has 0 aromatic heterocycles. The van der Waals surface area contributed by atoms with Gasteiger partial charge in [-0.2, -0.15) is 5.48 Å². The van der Waals surface area contributed by atoms with Crippen LogP contribution in [-0.4, -0.2) is 57.8 Å². The Balaban J connectivity index is 2.30. The van der Waals surface area contributed by atoms with Crippen LogP contribution in [0.5, 0.6) is 0 Å². The Labute approximate surface area is 168 Å². The lowest BCUT2D eigenvalue weighted by molar-refractivity contribution is -0.192. The highest BCUT2D eigenvalue weighted by atomic mass is 16.5. The molecular formula is C20H27N3O6. The van der Waals surface area contributed by atoms with Crippen molar-refractivity contribution in [2.75, 3.05) is 13.6 Å². The van der Waals surface area contributed by atoms with Crippen LogP contribution < -0.4 is 11.2 Å². The van der Waals surface area contributed by atoms with Gasteiger partial charge in [0.1, 0.15) is 11.5 Å². The molecule has 9 heteroatoms. The van der Waals surface area contributed by atoms with Crippen LogP contribution in [0.25, 0.3) is 0 Å². The van der Waals surface area contributed by atoms with Gasteiger partial charge in [0.2, 0.25) is 5.91 Å². The number of hydrogen-bond acceptors (Lipinski definition) is 6. The zero-order valence-corrected chi connectivity index (χ0v) is 16.3. The number of rotatable bonds is 8. The number of aliphatic carboxylic acids is 2. The van der Waals surface area contributed by atoms with Crippen molar-refractivity contribution in [3.8, 4) is 0 Å². The van der Waals surface area contributed by atoms with Crippen molar-refractivity contribution in [2.24, 2.45) is 16.6 Å². The first-order valence-corrected chi connectivity index (χ1v) is 9.56. The molecule has 1 spiro atoms. The average molecular weight is 405 g/mol. The number of carbonyl (C=O) groups is 3. The summed E-state index contributed by atoms with van der Waals surface area (Å²) in [5.41, 5.74) is 3.91. The van der Waals surface area contributed by atoms with Crippen molar-refractivity contribution in [3.05, 3.63) is 35.9 Å². The Morgan fingerprint density at radius 1 is 1.24 bits per heavy atom. The van der Waals surface area contributed by atoms with E-state index in [0.717, 1.165) is 12.8 Å². The fraction of sp³-hybridized carbons (Fsp3) is 0.550. The lowest BCUT2D eigenvalue weighted by Gasteiger charge is -2.56. The van der Waals surface area contributed by atoms with Gasteiger partial charge >= 0.3 is 11.9 Å². The van der Waals surface area contributed by atoms with Gasteiger partial charge in [-0.05, 0) is 43.7 Å². The molecule has 2 aliphatic rings. The summed E-state index contributed by atoms with van der Waals surface area (Å²) in [5, 5.41) is 31.0. The number of piperidine rings is 1. The number of likely N-dealkylation sites (N-methyl/N-ethyl adjacent to an activating group) is 1. The fourth-order valence-corrected chi connectivity index (χ4v) is 5.29. The number of likely N-dealkylation sites (tertiary alicyclic amines) is 1. The van der Waals surface area contributed by atoms with Gasteiger partial charge in [0.25, 0.3) is 0 Å². The van der Waals surface area contributed by atoms with Crippen LogP contribution in [0.1, 0.15) is 37.7 Å². The Kier molecular flexibility index (Phi) is 5.42. The molecule has 1 aliphatic heterocycles. The second-order valence-electron chi connectivity index (χ2n) is 8.46. The summed E-state index contributed by atoms with van der Waals surface area (Å²) >= 11 is 0. The first-order chi connectivity index (χ1) is 13.6. The maximum atomic E-state index is 12.9. The predicted molar refractivity (Wildman–Crippen MR) is 102 cm³/mol. The summed E-state index contributed by atoms with van der Waals surface area (Å²) in [5.74, 6) is -3.30. The number of carboxylic acid groups (broad SMARTS) is 2. The lowest BCUT2D eigenvalue weighted by Crippen LogP contribution is -2.72. The highest BCUT2D eigenvalue weighted by molar-refractivity contribution is 5.88. The molecule has 1 aliphatic carbocycles. The summed E-state index contributed by atoms with van der Waals surface area (Å²) in [4.78, 5) is 38.4. The molecule has 6 N–H and O–H groups in total.